The van der Waals surface area contributed by atoms with Crippen molar-refractivity contribution in [3.05, 3.63) is 34.2 Å². The fraction of sp³-hybridized carbons (Fsp3) is 0.111. The van der Waals surface area contributed by atoms with Crippen LogP contribution in [0.4, 0.5) is 5.69 Å². The van der Waals surface area contributed by atoms with E-state index in [-0.39, 0.29) is 0 Å². The Labute approximate surface area is 81.1 Å². The van der Waals surface area contributed by atoms with Gasteiger partial charge in [0.05, 0.1) is 0 Å². The van der Waals surface area contributed by atoms with Crippen LogP contribution < -0.4 is 5.23 Å². The molecular formula is C9H9BBrN. The van der Waals surface area contributed by atoms with E-state index in [0.29, 0.717) is 6.85 Å². The lowest BCUT2D eigenvalue weighted by Crippen LogP contribution is -2.24. The maximum atomic E-state index is 3.52. The van der Waals surface area contributed by atoms with Crippen LogP contribution in [0.5, 0.6) is 0 Å². The minimum Gasteiger partial charge on any atom is -0.423 e. The summed E-state index contributed by atoms with van der Waals surface area (Å²) in [4.78, 5) is 0. The first-order valence-corrected chi connectivity index (χ1v) is 4.79. The van der Waals surface area contributed by atoms with Gasteiger partial charge in [-0.15, -0.1) is 0 Å². The summed E-state index contributed by atoms with van der Waals surface area (Å²) in [5, 5.41) is 3.39. The molecule has 12 heavy (non-hydrogen) atoms. The van der Waals surface area contributed by atoms with E-state index >= 15 is 0 Å². The molecule has 1 heterocycles. The molecule has 0 bridgehead atoms. The van der Waals surface area contributed by atoms with Crippen molar-refractivity contribution in [1.82, 2.24) is 0 Å². The summed E-state index contributed by atoms with van der Waals surface area (Å²) >= 11 is 3.52. The number of anilines is 1. The number of para-hydroxylation sites is 1. The number of hydrogen-bond acceptors (Lipinski definition) is 1. The highest BCUT2D eigenvalue weighted by atomic mass is 79.9. The zero-order valence-electron chi connectivity index (χ0n) is 6.84. The van der Waals surface area contributed by atoms with E-state index in [1.54, 1.807) is 0 Å². The Morgan fingerprint density at radius 2 is 2.08 bits per heavy atom. The van der Waals surface area contributed by atoms with Gasteiger partial charge < -0.3 is 5.23 Å². The first-order chi connectivity index (χ1) is 5.77. The van der Waals surface area contributed by atoms with Gasteiger partial charge in [-0.1, -0.05) is 41.0 Å². The van der Waals surface area contributed by atoms with Crippen LogP contribution in [0, 0.1) is 0 Å². The van der Waals surface area contributed by atoms with Crippen LogP contribution in [-0.2, 0) is 0 Å². The van der Waals surface area contributed by atoms with Gasteiger partial charge in [-0.3, -0.25) is 0 Å². The Bertz CT molecular complexity index is 335. The molecule has 60 valence electrons. The van der Waals surface area contributed by atoms with Crippen molar-refractivity contribution in [3.8, 4) is 0 Å². The van der Waals surface area contributed by atoms with Crippen molar-refractivity contribution in [2.45, 2.75) is 6.82 Å². The zero-order valence-corrected chi connectivity index (χ0v) is 8.43. The molecule has 0 aromatic heterocycles. The molecule has 0 fully saturated rings. The molecule has 0 atom stereocenters. The maximum absolute atomic E-state index is 3.52. The van der Waals surface area contributed by atoms with E-state index in [9.17, 15) is 0 Å². The van der Waals surface area contributed by atoms with Gasteiger partial charge in [0.1, 0.15) is 0 Å². The average molecular weight is 222 g/mol. The van der Waals surface area contributed by atoms with Crippen molar-refractivity contribution in [2.75, 3.05) is 5.23 Å². The number of halogens is 1. The first-order valence-electron chi connectivity index (χ1n) is 4.00. The summed E-state index contributed by atoms with van der Waals surface area (Å²) in [5.41, 5.74) is 2.47. The molecule has 0 saturated heterocycles. The van der Waals surface area contributed by atoms with Crippen LogP contribution >= 0.6 is 15.9 Å². The van der Waals surface area contributed by atoms with Crippen LogP contribution in [0.15, 0.2) is 28.6 Å². The Hall–Kier alpha value is -0.695. The minimum atomic E-state index is 0.389. The molecular weight excluding hydrogens is 213 g/mol. The summed E-state index contributed by atoms with van der Waals surface area (Å²) in [7, 11) is 0. The lowest BCUT2D eigenvalue weighted by Gasteiger charge is -2.19. The number of rotatable bonds is 0. The van der Waals surface area contributed by atoms with Crippen molar-refractivity contribution in [3.63, 3.8) is 0 Å². The molecule has 3 heteroatoms. The third-order valence-electron chi connectivity index (χ3n) is 2.04. The van der Waals surface area contributed by atoms with Gasteiger partial charge in [0.25, 0.3) is 6.85 Å². The van der Waals surface area contributed by atoms with Gasteiger partial charge in [0, 0.05) is 5.69 Å². The summed E-state index contributed by atoms with van der Waals surface area (Å²) in [6, 6.07) is 8.30. The molecule has 2 rings (SSSR count). The largest absolute Gasteiger partial charge is 0.423 e. The van der Waals surface area contributed by atoms with E-state index in [1.807, 2.05) is 12.1 Å². The summed E-state index contributed by atoms with van der Waals surface area (Å²) < 4.78 is 1.21. The number of nitrogens with one attached hydrogen (secondary N) is 1. The van der Waals surface area contributed by atoms with Crippen LogP contribution in [0.2, 0.25) is 6.82 Å². The minimum absolute atomic E-state index is 0.389. The Morgan fingerprint density at radius 3 is 2.92 bits per heavy atom. The summed E-state index contributed by atoms with van der Waals surface area (Å²) in [6.07, 6.45) is 2.16. The van der Waals surface area contributed by atoms with Crippen molar-refractivity contribution in [1.29, 1.82) is 0 Å². The normalized spacial score (nSPS) is 14.8. The van der Waals surface area contributed by atoms with Crippen LogP contribution in [0.3, 0.4) is 0 Å². The molecule has 0 amide bonds. The van der Waals surface area contributed by atoms with Crippen LogP contribution in [0.1, 0.15) is 5.56 Å². The SMILES string of the molecule is CB1Nc2ccccc2C=C1Br. The smallest absolute Gasteiger partial charge is 0.290 e. The predicted octanol–water partition coefficient (Wildman–Crippen LogP) is 3.01. The van der Waals surface area contributed by atoms with Gasteiger partial charge in [0.2, 0.25) is 0 Å². The summed E-state index contributed by atoms with van der Waals surface area (Å²) in [6.45, 7) is 2.52. The van der Waals surface area contributed by atoms with Gasteiger partial charge >= 0.3 is 0 Å². The van der Waals surface area contributed by atoms with Crippen molar-refractivity contribution in [2.24, 2.45) is 0 Å². The Balaban J connectivity index is 2.49. The van der Waals surface area contributed by atoms with Crippen LogP contribution in [-0.4, -0.2) is 6.85 Å². The van der Waals surface area contributed by atoms with E-state index in [4.69, 9.17) is 0 Å². The third kappa shape index (κ3) is 1.29. The monoisotopic (exact) mass is 221 g/mol. The second-order valence-electron chi connectivity index (χ2n) is 2.98. The lowest BCUT2D eigenvalue weighted by atomic mass is 9.63. The van der Waals surface area contributed by atoms with Crippen LogP contribution in [0.25, 0.3) is 6.08 Å². The molecule has 1 aromatic rings. The zero-order chi connectivity index (χ0) is 8.55. The topological polar surface area (TPSA) is 12.0 Å². The van der Waals surface area contributed by atoms with E-state index in [1.165, 1.54) is 15.6 Å². The third-order valence-corrected chi connectivity index (χ3v) is 2.96. The highest BCUT2D eigenvalue weighted by Crippen LogP contribution is 2.27. The van der Waals surface area contributed by atoms with E-state index in [0.717, 1.165) is 0 Å². The van der Waals surface area contributed by atoms with Crippen molar-refractivity contribution < 1.29 is 0 Å². The Morgan fingerprint density at radius 1 is 1.33 bits per heavy atom. The number of fused-ring (bicyclic) bond motifs is 1. The maximum Gasteiger partial charge on any atom is 0.290 e. The predicted molar refractivity (Wildman–Crippen MR) is 58.6 cm³/mol. The van der Waals surface area contributed by atoms with E-state index < -0.39 is 0 Å². The average Bonchev–Trinajstić information content (AvgIpc) is 2.07. The molecule has 1 aliphatic heterocycles. The lowest BCUT2D eigenvalue weighted by molar-refractivity contribution is 1.59. The highest BCUT2D eigenvalue weighted by Gasteiger charge is 2.17. The molecule has 1 nitrogen and oxygen atoms in total. The standard InChI is InChI=1S/C9H9BBrN/c1-10-9(11)6-7-4-2-3-5-8(7)12-10/h2-6,12H,1H3. The second kappa shape index (κ2) is 2.98. The quantitative estimate of drug-likeness (QED) is 0.665. The molecule has 0 spiro atoms. The van der Waals surface area contributed by atoms with Gasteiger partial charge in [-0.05, 0) is 22.1 Å². The van der Waals surface area contributed by atoms with E-state index in [2.05, 4.69) is 46.2 Å². The first kappa shape index (κ1) is 7.93. The fourth-order valence-corrected chi connectivity index (χ4v) is 1.69. The molecule has 1 N–H and O–H groups in total. The molecule has 0 radical (unpaired) electrons. The molecule has 0 unspecified atom stereocenters. The molecule has 0 aliphatic carbocycles. The number of benzene rings is 1. The molecule has 1 aromatic carbocycles. The van der Waals surface area contributed by atoms with Crippen molar-refractivity contribution >= 4 is 34.5 Å². The van der Waals surface area contributed by atoms with Gasteiger partial charge in [-0.25, -0.2) is 0 Å². The molecule has 1 aliphatic rings. The second-order valence-corrected chi connectivity index (χ2v) is 3.90. The van der Waals surface area contributed by atoms with Gasteiger partial charge in [-0.2, -0.15) is 0 Å². The van der Waals surface area contributed by atoms with Gasteiger partial charge in [0.15, 0.2) is 0 Å². The number of hydrogen-bond donors (Lipinski definition) is 1. The highest BCUT2D eigenvalue weighted by molar-refractivity contribution is 9.12. The summed E-state index contributed by atoms with van der Waals surface area (Å²) in [5.74, 6) is 0. The Kier molecular flexibility index (Phi) is 1.97. The molecule has 0 saturated carbocycles. The fourth-order valence-electron chi connectivity index (χ4n) is 1.33.